The number of carbonyl (C=O) groups is 1. The van der Waals surface area contributed by atoms with E-state index < -0.39 is 18.3 Å². The van der Waals surface area contributed by atoms with Gasteiger partial charge in [-0.05, 0) is 40.3 Å². The quantitative estimate of drug-likeness (QED) is 0.427. The molecule has 0 aromatic heterocycles. The van der Waals surface area contributed by atoms with Crippen LogP contribution in [-0.4, -0.2) is 43.7 Å². The Labute approximate surface area is 133 Å². The first-order valence-electron chi connectivity index (χ1n) is 7.56. The molecule has 0 aliphatic carbocycles. The molecule has 22 heavy (non-hydrogen) atoms. The lowest BCUT2D eigenvalue weighted by Gasteiger charge is -2.32. The fraction of sp³-hybridized carbons (Fsp3) is 0.733. The summed E-state index contributed by atoms with van der Waals surface area (Å²) in [5, 5.41) is 10.7. The molecule has 0 saturated carbocycles. The van der Waals surface area contributed by atoms with Crippen molar-refractivity contribution in [2.45, 2.75) is 64.7 Å². The molecular weight excluding hydrogens is 283 g/mol. The smallest absolute Gasteiger partial charge is 0.469 e. The molecule has 0 amide bonds. The number of methoxy groups -OCH3 is 1. The van der Waals surface area contributed by atoms with Crippen LogP contribution in [0.1, 0.15) is 47.5 Å². The van der Waals surface area contributed by atoms with Gasteiger partial charge >= 0.3 is 13.1 Å². The number of carbonyl (C=O) groups excluding carboxylic acids is 1. The van der Waals surface area contributed by atoms with E-state index in [9.17, 15) is 4.79 Å². The van der Waals surface area contributed by atoms with Crippen LogP contribution in [0.3, 0.4) is 0 Å². The molecule has 0 aromatic rings. The average molecular weight is 310 g/mol. The second-order valence-corrected chi connectivity index (χ2v) is 6.43. The zero-order valence-corrected chi connectivity index (χ0v) is 14.4. The van der Waals surface area contributed by atoms with Crippen LogP contribution in [-0.2, 0) is 18.8 Å². The maximum atomic E-state index is 11.3. The first-order valence-corrected chi connectivity index (χ1v) is 7.56. The van der Waals surface area contributed by atoms with Crippen molar-refractivity contribution in [3.8, 4) is 0 Å². The summed E-state index contributed by atoms with van der Waals surface area (Å²) in [5.41, 5.74) is -0.312. The van der Waals surface area contributed by atoms with Gasteiger partial charge in [0.05, 0.1) is 24.7 Å². The van der Waals surface area contributed by atoms with Gasteiger partial charge in [-0.15, -0.1) is 0 Å². The molecule has 7 heteroatoms. The van der Waals surface area contributed by atoms with E-state index in [1.54, 1.807) is 6.20 Å². The zero-order chi connectivity index (χ0) is 17.0. The summed E-state index contributed by atoms with van der Waals surface area (Å²) in [6, 6.07) is -0.0511. The predicted octanol–water partition coefficient (Wildman–Crippen LogP) is 2.08. The highest BCUT2D eigenvalue weighted by Gasteiger charge is 2.52. The SMILES string of the molecule is CCC(CC(=O)OC)N/C=C(\C=N)B1OC(C)(C)C(C)(C)O1. The molecule has 1 aliphatic rings. The van der Waals surface area contributed by atoms with Gasteiger partial charge in [0.15, 0.2) is 0 Å². The minimum absolute atomic E-state index is 0.0511. The predicted molar refractivity (Wildman–Crippen MR) is 86.8 cm³/mol. The largest absolute Gasteiger partial charge is 0.497 e. The number of hydrogen-bond acceptors (Lipinski definition) is 6. The molecule has 2 N–H and O–H groups in total. The first kappa shape index (κ1) is 18.7. The standard InChI is InChI=1S/C15H27BN2O4/c1-7-12(8-13(19)20-6)18-10-11(9-17)16-21-14(2,3)15(4,5)22-16/h9-10,12,17-18H,7-8H2,1-6H3/b11-10+,17-9?. The summed E-state index contributed by atoms with van der Waals surface area (Å²) in [6.07, 6.45) is 3.94. The van der Waals surface area contributed by atoms with Crippen molar-refractivity contribution < 1.29 is 18.8 Å². The van der Waals surface area contributed by atoms with Gasteiger partial charge in [-0.25, -0.2) is 0 Å². The van der Waals surface area contributed by atoms with Crippen molar-refractivity contribution in [3.63, 3.8) is 0 Å². The van der Waals surface area contributed by atoms with Gasteiger partial charge in [0.2, 0.25) is 0 Å². The van der Waals surface area contributed by atoms with Crippen LogP contribution in [0.2, 0.25) is 0 Å². The van der Waals surface area contributed by atoms with E-state index in [1.165, 1.54) is 13.3 Å². The lowest BCUT2D eigenvalue weighted by molar-refractivity contribution is -0.141. The molecule has 1 rings (SSSR count). The molecule has 0 spiro atoms. The van der Waals surface area contributed by atoms with E-state index in [1.807, 2.05) is 34.6 Å². The summed E-state index contributed by atoms with van der Waals surface area (Å²) < 4.78 is 16.5. The van der Waals surface area contributed by atoms with Crippen molar-refractivity contribution in [1.29, 1.82) is 5.41 Å². The minimum Gasteiger partial charge on any atom is -0.469 e. The zero-order valence-electron chi connectivity index (χ0n) is 14.4. The van der Waals surface area contributed by atoms with Crippen LogP contribution in [0.5, 0.6) is 0 Å². The highest BCUT2D eigenvalue weighted by Crippen LogP contribution is 2.38. The third kappa shape index (κ3) is 4.33. The van der Waals surface area contributed by atoms with Gasteiger partial charge in [0, 0.05) is 17.7 Å². The van der Waals surface area contributed by atoms with E-state index in [-0.39, 0.29) is 18.4 Å². The fourth-order valence-corrected chi connectivity index (χ4v) is 1.98. The lowest BCUT2D eigenvalue weighted by atomic mass is 9.79. The third-order valence-corrected chi connectivity index (χ3v) is 4.31. The molecule has 1 heterocycles. The average Bonchev–Trinajstić information content (AvgIpc) is 2.66. The van der Waals surface area contributed by atoms with Crippen LogP contribution >= 0.6 is 0 Å². The molecule has 0 radical (unpaired) electrons. The maximum absolute atomic E-state index is 11.3. The van der Waals surface area contributed by atoms with E-state index >= 15 is 0 Å². The van der Waals surface area contributed by atoms with Crippen molar-refractivity contribution in [2.24, 2.45) is 0 Å². The Morgan fingerprint density at radius 2 is 1.86 bits per heavy atom. The molecule has 1 fully saturated rings. The van der Waals surface area contributed by atoms with Gasteiger partial charge in [0.25, 0.3) is 0 Å². The van der Waals surface area contributed by atoms with Crippen molar-refractivity contribution in [3.05, 3.63) is 11.7 Å². The number of rotatable bonds is 7. The van der Waals surface area contributed by atoms with Gasteiger partial charge in [-0.1, -0.05) is 6.92 Å². The fourth-order valence-electron chi connectivity index (χ4n) is 1.98. The Kier molecular flexibility index (Phi) is 6.20. The number of ether oxygens (including phenoxy) is 1. The second kappa shape index (κ2) is 7.29. The number of esters is 1. The molecule has 0 aromatic carbocycles. The van der Waals surface area contributed by atoms with Crippen LogP contribution in [0, 0.1) is 5.41 Å². The highest BCUT2D eigenvalue weighted by molar-refractivity contribution is 6.60. The molecule has 1 unspecified atom stereocenters. The van der Waals surface area contributed by atoms with Crippen LogP contribution in [0.25, 0.3) is 0 Å². The Balaban J connectivity index is 2.75. The van der Waals surface area contributed by atoms with Crippen LogP contribution in [0.15, 0.2) is 11.7 Å². The Hall–Kier alpha value is -1.34. The molecule has 1 aliphatic heterocycles. The number of nitrogens with one attached hydrogen (secondary N) is 2. The van der Waals surface area contributed by atoms with Gasteiger partial charge in [-0.2, -0.15) is 0 Å². The summed E-state index contributed by atoms with van der Waals surface area (Å²) in [5.74, 6) is -0.264. The van der Waals surface area contributed by atoms with Gasteiger partial charge in [0.1, 0.15) is 0 Å². The molecular formula is C15H27BN2O4. The van der Waals surface area contributed by atoms with Crippen LogP contribution in [0.4, 0.5) is 0 Å². The van der Waals surface area contributed by atoms with Crippen molar-refractivity contribution in [1.82, 2.24) is 5.32 Å². The van der Waals surface area contributed by atoms with E-state index in [2.05, 4.69) is 10.1 Å². The number of hydrogen-bond donors (Lipinski definition) is 2. The monoisotopic (exact) mass is 310 g/mol. The first-order chi connectivity index (χ1) is 10.2. The Morgan fingerprint density at radius 1 is 1.32 bits per heavy atom. The Bertz CT molecular complexity index is 433. The van der Waals surface area contributed by atoms with Crippen LogP contribution < -0.4 is 5.32 Å². The van der Waals surface area contributed by atoms with E-state index in [0.717, 1.165) is 6.42 Å². The lowest BCUT2D eigenvalue weighted by Crippen LogP contribution is -2.41. The maximum Gasteiger partial charge on any atom is 0.497 e. The van der Waals surface area contributed by atoms with Gasteiger partial charge in [-0.3, -0.25) is 4.79 Å². The number of allylic oxidation sites excluding steroid dienone is 1. The molecule has 0 bridgehead atoms. The normalized spacial score (nSPS) is 21.4. The summed E-state index contributed by atoms with van der Waals surface area (Å²) >= 11 is 0. The summed E-state index contributed by atoms with van der Waals surface area (Å²) in [4.78, 5) is 11.3. The Morgan fingerprint density at radius 3 is 2.27 bits per heavy atom. The highest BCUT2D eigenvalue weighted by atomic mass is 16.7. The van der Waals surface area contributed by atoms with Crippen molar-refractivity contribution >= 4 is 19.3 Å². The van der Waals surface area contributed by atoms with E-state index in [0.29, 0.717) is 5.47 Å². The molecule has 1 atom stereocenters. The third-order valence-electron chi connectivity index (χ3n) is 4.31. The van der Waals surface area contributed by atoms with Crippen molar-refractivity contribution in [2.75, 3.05) is 7.11 Å². The van der Waals surface area contributed by atoms with Gasteiger partial charge < -0.3 is 24.8 Å². The minimum atomic E-state index is -0.592. The second-order valence-electron chi connectivity index (χ2n) is 6.43. The summed E-state index contributed by atoms with van der Waals surface area (Å²) in [7, 11) is 0.781. The topological polar surface area (TPSA) is 80.6 Å². The molecule has 6 nitrogen and oxygen atoms in total. The summed E-state index contributed by atoms with van der Waals surface area (Å²) in [6.45, 7) is 9.84. The molecule has 1 saturated heterocycles. The molecule has 124 valence electrons. The van der Waals surface area contributed by atoms with E-state index in [4.69, 9.17) is 14.7 Å².